The van der Waals surface area contributed by atoms with E-state index in [0.29, 0.717) is 5.75 Å². The lowest BCUT2D eigenvalue weighted by molar-refractivity contribution is -0.135. The molecule has 0 heterocycles. The summed E-state index contributed by atoms with van der Waals surface area (Å²) in [7, 11) is -3.69. The topological polar surface area (TPSA) is 61.8 Å². The van der Waals surface area contributed by atoms with Crippen molar-refractivity contribution < 1.29 is 22.9 Å². The van der Waals surface area contributed by atoms with E-state index in [4.69, 9.17) is 9.05 Å². The Balaban J connectivity index is 4.21. The second kappa shape index (κ2) is 7.29. The van der Waals surface area contributed by atoms with E-state index in [1.54, 1.807) is 13.8 Å². The predicted molar refractivity (Wildman–Crippen MR) is 55.4 cm³/mol. The second-order valence-electron chi connectivity index (χ2n) is 2.22. The van der Waals surface area contributed by atoms with Gasteiger partial charge in [0, 0.05) is 5.75 Å². The molecule has 0 aromatic carbocycles. The Kier molecular flexibility index (Phi) is 7.27. The summed E-state index contributed by atoms with van der Waals surface area (Å²) in [5, 5.41) is 0. The molecule has 7 heteroatoms. The van der Waals surface area contributed by atoms with E-state index in [-0.39, 0.29) is 19.6 Å². The molecule has 0 rings (SSSR count). The van der Waals surface area contributed by atoms with Crippen LogP contribution < -0.4 is 0 Å². The summed E-state index contributed by atoms with van der Waals surface area (Å²) < 4.78 is 25.7. The van der Waals surface area contributed by atoms with Crippen molar-refractivity contribution in [2.75, 3.05) is 19.0 Å². The first-order valence-electron chi connectivity index (χ1n) is 4.30. The van der Waals surface area contributed by atoms with Crippen LogP contribution in [0.3, 0.4) is 0 Å². The Labute approximate surface area is 89.1 Å². The molecule has 0 aromatic rings. The number of hydrogen-bond donors (Lipinski definition) is 1. The SMILES string of the molecule is CCOP(=O)(OCC)OC(=O)CCS. The van der Waals surface area contributed by atoms with Gasteiger partial charge in [0.2, 0.25) is 0 Å². The van der Waals surface area contributed by atoms with E-state index in [1.165, 1.54) is 0 Å². The molecule has 0 radical (unpaired) electrons. The number of phosphoric ester groups is 1. The summed E-state index contributed by atoms with van der Waals surface area (Å²) in [5.74, 6) is -0.304. The van der Waals surface area contributed by atoms with Gasteiger partial charge < -0.3 is 4.52 Å². The monoisotopic (exact) mass is 242 g/mol. The molecular formula is C7H15O5PS. The third-order valence-corrected chi connectivity index (χ3v) is 2.90. The average Bonchev–Trinajstić information content (AvgIpc) is 2.04. The molecule has 0 N–H and O–H groups in total. The van der Waals surface area contributed by atoms with Gasteiger partial charge in [-0.1, -0.05) is 0 Å². The molecule has 0 saturated heterocycles. The normalized spacial score (nSPS) is 11.4. The lowest BCUT2D eigenvalue weighted by atomic mass is 10.5. The molecule has 0 aliphatic carbocycles. The lowest BCUT2D eigenvalue weighted by Crippen LogP contribution is -2.07. The molecule has 0 unspecified atom stereocenters. The van der Waals surface area contributed by atoms with E-state index < -0.39 is 13.8 Å². The van der Waals surface area contributed by atoms with Gasteiger partial charge in [0.15, 0.2) is 0 Å². The number of carbonyl (C=O) groups excluding carboxylic acids is 1. The fraction of sp³-hybridized carbons (Fsp3) is 0.857. The largest absolute Gasteiger partial charge is 0.532 e. The summed E-state index contributed by atoms with van der Waals surface area (Å²) in [4.78, 5) is 11.0. The highest BCUT2D eigenvalue weighted by Gasteiger charge is 2.29. The van der Waals surface area contributed by atoms with Crippen molar-refractivity contribution in [3.63, 3.8) is 0 Å². The van der Waals surface area contributed by atoms with Crippen LogP contribution in [-0.2, 0) is 22.9 Å². The third kappa shape index (κ3) is 5.65. The maximum atomic E-state index is 11.6. The number of rotatable bonds is 7. The molecule has 14 heavy (non-hydrogen) atoms. The molecule has 0 atom stereocenters. The van der Waals surface area contributed by atoms with Crippen LogP contribution in [0, 0.1) is 0 Å². The van der Waals surface area contributed by atoms with Crippen LogP contribution in [0.25, 0.3) is 0 Å². The summed E-state index contributed by atoms with van der Waals surface area (Å²) in [6.45, 7) is 3.59. The Bertz CT molecular complexity index is 210. The maximum Gasteiger partial charge on any atom is 0.532 e. The van der Waals surface area contributed by atoms with Gasteiger partial charge in [-0.05, 0) is 13.8 Å². The van der Waals surface area contributed by atoms with Crippen molar-refractivity contribution in [2.24, 2.45) is 0 Å². The van der Waals surface area contributed by atoms with Crippen LogP contribution in [0.2, 0.25) is 0 Å². The minimum absolute atomic E-state index is 0.0766. The Morgan fingerprint density at radius 3 is 2.14 bits per heavy atom. The molecule has 0 aromatic heterocycles. The fourth-order valence-corrected chi connectivity index (χ4v) is 2.00. The van der Waals surface area contributed by atoms with E-state index in [0.717, 1.165) is 0 Å². The van der Waals surface area contributed by atoms with E-state index in [1.807, 2.05) is 0 Å². The van der Waals surface area contributed by atoms with E-state index in [9.17, 15) is 9.36 Å². The van der Waals surface area contributed by atoms with Crippen LogP contribution in [0.1, 0.15) is 20.3 Å². The smallest absolute Gasteiger partial charge is 0.370 e. The Morgan fingerprint density at radius 2 is 1.79 bits per heavy atom. The molecule has 0 amide bonds. The van der Waals surface area contributed by atoms with E-state index in [2.05, 4.69) is 17.2 Å². The summed E-state index contributed by atoms with van der Waals surface area (Å²) in [6.07, 6.45) is 0.0766. The third-order valence-electron chi connectivity index (χ3n) is 1.10. The fourth-order valence-electron chi connectivity index (χ4n) is 0.668. The van der Waals surface area contributed by atoms with Gasteiger partial charge in [0.05, 0.1) is 19.6 Å². The van der Waals surface area contributed by atoms with Crippen molar-refractivity contribution in [3.8, 4) is 0 Å². The van der Waals surface area contributed by atoms with Crippen molar-refractivity contribution in [1.29, 1.82) is 0 Å². The van der Waals surface area contributed by atoms with Gasteiger partial charge in [-0.15, -0.1) is 0 Å². The van der Waals surface area contributed by atoms with Crippen LogP contribution in [0.15, 0.2) is 0 Å². The Hall–Kier alpha value is -0.0300. The summed E-state index contributed by atoms with van der Waals surface area (Å²) in [6, 6.07) is 0. The Morgan fingerprint density at radius 1 is 1.29 bits per heavy atom. The lowest BCUT2D eigenvalue weighted by Gasteiger charge is -2.15. The predicted octanol–water partition coefficient (Wildman–Crippen LogP) is 2.03. The van der Waals surface area contributed by atoms with Crippen LogP contribution in [0.4, 0.5) is 0 Å². The van der Waals surface area contributed by atoms with Gasteiger partial charge >= 0.3 is 13.8 Å². The number of carbonyl (C=O) groups is 1. The molecule has 0 spiro atoms. The molecule has 0 aliphatic heterocycles. The summed E-state index contributed by atoms with van der Waals surface area (Å²) in [5.41, 5.74) is 0. The zero-order chi connectivity index (χ0) is 11.0. The molecule has 0 fully saturated rings. The van der Waals surface area contributed by atoms with Crippen molar-refractivity contribution >= 4 is 26.4 Å². The standard InChI is InChI=1S/C7H15O5PS/c1-3-10-13(9,11-4-2)12-7(8)5-6-14/h14H,3-6H2,1-2H3. The van der Waals surface area contributed by atoms with Crippen molar-refractivity contribution in [2.45, 2.75) is 20.3 Å². The van der Waals surface area contributed by atoms with Gasteiger partial charge in [0.25, 0.3) is 0 Å². The molecular weight excluding hydrogens is 227 g/mol. The zero-order valence-electron chi connectivity index (χ0n) is 8.26. The number of hydrogen-bond acceptors (Lipinski definition) is 6. The highest BCUT2D eigenvalue weighted by Crippen LogP contribution is 2.49. The first-order chi connectivity index (χ1) is 6.58. The highest BCUT2D eigenvalue weighted by atomic mass is 32.1. The molecule has 0 aliphatic rings. The zero-order valence-corrected chi connectivity index (χ0v) is 10.1. The van der Waals surface area contributed by atoms with Gasteiger partial charge in [0.1, 0.15) is 0 Å². The summed E-state index contributed by atoms with van der Waals surface area (Å²) >= 11 is 3.84. The van der Waals surface area contributed by atoms with Crippen molar-refractivity contribution in [3.05, 3.63) is 0 Å². The second-order valence-corrected chi connectivity index (χ2v) is 4.26. The van der Waals surface area contributed by atoms with Crippen LogP contribution >= 0.6 is 20.5 Å². The number of thiol groups is 1. The minimum Gasteiger partial charge on any atom is -0.370 e. The first kappa shape index (κ1) is 14.0. The van der Waals surface area contributed by atoms with E-state index >= 15 is 0 Å². The molecule has 0 saturated carbocycles. The first-order valence-corrected chi connectivity index (χ1v) is 6.39. The molecule has 5 nitrogen and oxygen atoms in total. The van der Waals surface area contributed by atoms with Gasteiger partial charge in [-0.25, -0.2) is 4.57 Å². The molecule has 84 valence electrons. The maximum absolute atomic E-state index is 11.6. The van der Waals surface area contributed by atoms with Gasteiger partial charge in [-0.2, -0.15) is 12.6 Å². The molecule has 0 bridgehead atoms. The van der Waals surface area contributed by atoms with Crippen LogP contribution in [-0.4, -0.2) is 24.9 Å². The van der Waals surface area contributed by atoms with Gasteiger partial charge in [-0.3, -0.25) is 13.8 Å². The quantitative estimate of drug-likeness (QED) is 0.546. The average molecular weight is 242 g/mol. The number of phosphoric acid groups is 1. The highest BCUT2D eigenvalue weighted by molar-refractivity contribution is 7.80. The van der Waals surface area contributed by atoms with Crippen LogP contribution in [0.5, 0.6) is 0 Å². The minimum atomic E-state index is -3.69. The van der Waals surface area contributed by atoms with Crippen molar-refractivity contribution in [1.82, 2.24) is 0 Å².